The molecule has 1 aromatic rings. The minimum Gasteiger partial charge on any atom is -0.444 e. The van der Waals surface area contributed by atoms with Gasteiger partial charge in [-0.05, 0) is 39.7 Å². The van der Waals surface area contributed by atoms with E-state index in [1.54, 1.807) is 6.20 Å². The molecule has 5 nitrogen and oxygen atoms in total. The third-order valence-corrected chi connectivity index (χ3v) is 5.52. The Morgan fingerprint density at radius 1 is 1.14 bits per heavy atom. The average Bonchev–Trinajstić information content (AvgIpc) is 2.87. The maximum absolute atomic E-state index is 11.9. The number of ether oxygens (including phenoxy) is 1. The van der Waals surface area contributed by atoms with Gasteiger partial charge in [-0.3, -0.25) is 5.32 Å². The van der Waals surface area contributed by atoms with E-state index < -0.39 is 6.09 Å². The van der Waals surface area contributed by atoms with Gasteiger partial charge in [0.25, 0.3) is 0 Å². The first-order chi connectivity index (χ1) is 13.2. The molecule has 154 valence electrons. The lowest BCUT2D eigenvalue weighted by molar-refractivity contribution is 0.00578. The van der Waals surface area contributed by atoms with Gasteiger partial charge in [-0.2, -0.15) is 0 Å². The van der Waals surface area contributed by atoms with Crippen molar-refractivity contribution < 1.29 is 18.8 Å². The Labute approximate surface area is 170 Å². The Hall–Kier alpha value is -1.79. The second-order valence-electron chi connectivity index (χ2n) is 8.35. The van der Waals surface area contributed by atoms with Crippen molar-refractivity contribution >= 4 is 13.2 Å². The number of benzene rings is 1. The Morgan fingerprint density at radius 3 is 2.39 bits per heavy atom. The summed E-state index contributed by atoms with van der Waals surface area (Å²) in [7, 11) is -0.319. The highest BCUT2D eigenvalue weighted by Gasteiger charge is 2.53. The van der Waals surface area contributed by atoms with E-state index in [0.29, 0.717) is 0 Å². The molecular formula is C22H34BNO4. The monoisotopic (exact) mass is 387 g/mol. The summed E-state index contributed by atoms with van der Waals surface area (Å²) in [4.78, 5) is 11.9. The largest absolute Gasteiger partial charge is 0.465 e. The fraction of sp³-hybridized carbons (Fsp3) is 0.591. The lowest BCUT2D eigenvalue weighted by atomic mass is 9.69. The van der Waals surface area contributed by atoms with Crippen LogP contribution in [0.25, 0.3) is 0 Å². The summed E-state index contributed by atoms with van der Waals surface area (Å²) in [5.74, 6) is 0.0713. The van der Waals surface area contributed by atoms with Gasteiger partial charge in [-0.15, -0.1) is 0 Å². The molecule has 1 aliphatic heterocycles. The first-order valence-electron chi connectivity index (χ1n) is 10.2. The number of allylic oxidation sites excluding steroid dienone is 1. The molecule has 6 heteroatoms. The summed E-state index contributed by atoms with van der Waals surface area (Å²) in [6, 6.07) is 9.61. The Kier molecular flexibility index (Phi) is 8.14. The minimum absolute atomic E-state index is 0.0713. The van der Waals surface area contributed by atoms with E-state index in [0.717, 1.165) is 31.2 Å². The molecule has 1 N–H and O–H groups in total. The summed E-state index contributed by atoms with van der Waals surface area (Å²) < 4.78 is 17.6. The first-order valence-corrected chi connectivity index (χ1v) is 10.2. The van der Waals surface area contributed by atoms with Gasteiger partial charge >= 0.3 is 13.2 Å². The molecule has 1 saturated heterocycles. The molecule has 2 rings (SSSR count). The van der Waals surface area contributed by atoms with Crippen LogP contribution in [0.3, 0.4) is 0 Å². The molecule has 1 unspecified atom stereocenters. The van der Waals surface area contributed by atoms with Crippen LogP contribution in [0.5, 0.6) is 0 Å². The van der Waals surface area contributed by atoms with Crippen molar-refractivity contribution in [3.8, 4) is 0 Å². The number of hydrogen-bond donors (Lipinski definition) is 1. The van der Waals surface area contributed by atoms with E-state index >= 15 is 0 Å². The molecule has 1 heterocycles. The Balaban J connectivity index is 1.89. The van der Waals surface area contributed by atoms with Gasteiger partial charge in [-0.25, -0.2) is 4.79 Å². The number of carbonyl (C=O) groups is 1. The molecule has 0 bridgehead atoms. The number of hydrogen-bond acceptors (Lipinski definition) is 4. The van der Waals surface area contributed by atoms with Gasteiger partial charge in [0.05, 0.1) is 11.2 Å². The summed E-state index contributed by atoms with van der Waals surface area (Å²) in [5.41, 5.74) is 0.226. The zero-order valence-electron chi connectivity index (χ0n) is 17.9. The highest BCUT2D eigenvalue weighted by Crippen LogP contribution is 2.41. The van der Waals surface area contributed by atoms with Crippen LogP contribution in [0.2, 0.25) is 5.82 Å². The van der Waals surface area contributed by atoms with Crippen LogP contribution in [0.15, 0.2) is 42.6 Å². The summed E-state index contributed by atoms with van der Waals surface area (Å²) in [6.07, 6.45) is 7.49. The normalized spacial score (nSPS) is 19.0. The van der Waals surface area contributed by atoms with E-state index in [9.17, 15) is 4.79 Å². The molecule has 1 amide bonds. The predicted molar refractivity (Wildman–Crippen MR) is 113 cm³/mol. The minimum atomic E-state index is -0.471. The number of amides is 1. The SMILES string of the molecule is CCCCCC(/C=C/NC(=O)OCc1ccccc1)B1OC(C)(C)C(C)(C)O1. The van der Waals surface area contributed by atoms with Crippen molar-refractivity contribution in [2.75, 3.05) is 0 Å². The molecule has 0 aromatic heterocycles. The van der Waals surface area contributed by atoms with Crippen molar-refractivity contribution in [2.24, 2.45) is 0 Å². The van der Waals surface area contributed by atoms with Gasteiger partial charge < -0.3 is 14.0 Å². The lowest BCUT2D eigenvalue weighted by Gasteiger charge is -2.32. The molecule has 0 saturated carbocycles. The van der Waals surface area contributed by atoms with Crippen LogP contribution in [-0.4, -0.2) is 24.4 Å². The van der Waals surface area contributed by atoms with Crippen LogP contribution < -0.4 is 5.32 Å². The molecule has 0 spiro atoms. The standard InChI is InChI=1S/C22H34BNO4/c1-6-7-9-14-19(23-27-21(2,3)22(4,5)28-23)15-16-24-20(25)26-17-18-12-10-8-11-13-18/h8,10-13,15-16,19H,6-7,9,14,17H2,1-5H3,(H,24,25)/b16-15+. The van der Waals surface area contributed by atoms with Crippen molar-refractivity contribution in [1.82, 2.24) is 5.32 Å². The second-order valence-corrected chi connectivity index (χ2v) is 8.35. The smallest absolute Gasteiger partial charge is 0.444 e. The number of unbranched alkanes of at least 4 members (excludes halogenated alkanes) is 2. The fourth-order valence-electron chi connectivity index (χ4n) is 3.02. The van der Waals surface area contributed by atoms with Crippen molar-refractivity contribution in [3.05, 3.63) is 48.2 Å². The van der Waals surface area contributed by atoms with Crippen LogP contribution in [0.4, 0.5) is 4.79 Å². The predicted octanol–water partition coefficient (Wildman–Crippen LogP) is 5.47. The molecule has 1 fully saturated rings. The Morgan fingerprint density at radius 2 is 1.79 bits per heavy atom. The molecule has 0 aliphatic carbocycles. The summed E-state index contributed by atoms with van der Waals surface area (Å²) in [5, 5.41) is 2.69. The van der Waals surface area contributed by atoms with Crippen LogP contribution >= 0.6 is 0 Å². The summed E-state index contributed by atoms with van der Waals surface area (Å²) >= 11 is 0. The highest BCUT2D eigenvalue weighted by molar-refractivity contribution is 6.48. The van der Waals surface area contributed by atoms with E-state index in [4.69, 9.17) is 14.0 Å². The molecule has 28 heavy (non-hydrogen) atoms. The number of alkyl carbamates (subject to hydrolysis) is 1. The zero-order chi connectivity index (χ0) is 20.6. The van der Waals surface area contributed by atoms with E-state index in [2.05, 4.69) is 39.9 Å². The first kappa shape index (κ1) is 22.5. The third kappa shape index (κ3) is 6.38. The van der Waals surface area contributed by atoms with Gasteiger partial charge in [0.2, 0.25) is 0 Å². The van der Waals surface area contributed by atoms with Crippen LogP contribution in [0, 0.1) is 0 Å². The maximum atomic E-state index is 11.9. The van der Waals surface area contributed by atoms with Crippen LogP contribution in [0.1, 0.15) is 65.9 Å². The average molecular weight is 387 g/mol. The molecule has 0 radical (unpaired) electrons. The van der Waals surface area contributed by atoms with E-state index in [1.165, 1.54) is 0 Å². The van der Waals surface area contributed by atoms with Crippen molar-refractivity contribution in [1.29, 1.82) is 0 Å². The van der Waals surface area contributed by atoms with Gasteiger partial charge in [0.1, 0.15) is 6.61 Å². The van der Waals surface area contributed by atoms with Gasteiger partial charge in [0, 0.05) is 12.0 Å². The molecular weight excluding hydrogens is 353 g/mol. The number of nitrogens with one attached hydrogen (secondary N) is 1. The van der Waals surface area contributed by atoms with Gasteiger partial charge in [-0.1, -0.05) is 62.6 Å². The highest BCUT2D eigenvalue weighted by atomic mass is 16.7. The van der Waals surface area contributed by atoms with Crippen molar-refractivity contribution in [3.63, 3.8) is 0 Å². The molecule has 1 aromatic carbocycles. The second kappa shape index (κ2) is 10.1. The van der Waals surface area contributed by atoms with Gasteiger partial charge in [0.15, 0.2) is 0 Å². The molecule has 1 atom stereocenters. The zero-order valence-corrected chi connectivity index (χ0v) is 17.9. The summed E-state index contributed by atoms with van der Waals surface area (Å²) in [6.45, 7) is 10.7. The lowest BCUT2D eigenvalue weighted by Crippen LogP contribution is -2.41. The van der Waals surface area contributed by atoms with Crippen molar-refractivity contribution in [2.45, 2.75) is 83.9 Å². The quantitative estimate of drug-likeness (QED) is 0.451. The van der Waals surface area contributed by atoms with E-state index in [-0.39, 0.29) is 30.7 Å². The fourth-order valence-corrected chi connectivity index (χ4v) is 3.02. The van der Waals surface area contributed by atoms with Crippen LogP contribution in [-0.2, 0) is 20.7 Å². The molecule has 1 aliphatic rings. The third-order valence-electron chi connectivity index (χ3n) is 5.52. The number of carbonyl (C=O) groups excluding carboxylic acids is 1. The maximum Gasteiger partial charge on any atom is 0.465 e. The number of rotatable bonds is 9. The topological polar surface area (TPSA) is 56.8 Å². The van der Waals surface area contributed by atoms with E-state index in [1.807, 2.05) is 36.4 Å². The Bertz CT molecular complexity index is 629.